The summed E-state index contributed by atoms with van der Waals surface area (Å²) in [5, 5.41) is 4.36. The van der Waals surface area contributed by atoms with Gasteiger partial charge in [0.1, 0.15) is 12.4 Å². The molecule has 2 saturated carbocycles. The van der Waals surface area contributed by atoms with Crippen molar-refractivity contribution in [1.82, 2.24) is 19.7 Å². The van der Waals surface area contributed by atoms with Crippen LogP contribution in [0.2, 0.25) is 0 Å². The number of carbonyl (C=O) groups is 1. The molecule has 0 unspecified atom stereocenters. The maximum absolute atomic E-state index is 12.6. The molecular formula is C24H34N4O3. The summed E-state index contributed by atoms with van der Waals surface area (Å²) >= 11 is 0. The van der Waals surface area contributed by atoms with Crippen LogP contribution in [0, 0.1) is 5.92 Å². The van der Waals surface area contributed by atoms with E-state index >= 15 is 0 Å². The van der Waals surface area contributed by atoms with E-state index in [4.69, 9.17) is 9.47 Å². The normalized spacial score (nSPS) is 18.3. The van der Waals surface area contributed by atoms with Gasteiger partial charge in [-0.1, -0.05) is 12.8 Å². The van der Waals surface area contributed by atoms with Gasteiger partial charge < -0.3 is 14.4 Å². The van der Waals surface area contributed by atoms with Gasteiger partial charge in [-0.2, -0.15) is 5.10 Å². The second-order valence-electron chi connectivity index (χ2n) is 8.98. The van der Waals surface area contributed by atoms with Crippen LogP contribution in [0.3, 0.4) is 0 Å². The van der Waals surface area contributed by atoms with E-state index in [-0.39, 0.29) is 18.7 Å². The second-order valence-corrected chi connectivity index (χ2v) is 8.98. The van der Waals surface area contributed by atoms with E-state index in [1.54, 1.807) is 22.0 Å². The van der Waals surface area contributed by atoms with Gasteiger partial charge in [0, 0.05) is 25.7 Å². The molecule has 1 amide bonds. The van der Waals surface area contributed by atoms with Gasteiger partial charge in [0.05, 0.1) is 29.9 Å². The van der Waals surface area contributed by atoms with Gasteiger partial charge in [0.15, 0.2) is 0 Å². The van der Waals surface area contributed by atoms with Gasteiger partial charge in [-0.3, -0.25) is 9.67 Å². The van der Waals surface area contributed by atoms with Crippen molar-refractivity contribution in [2.24, 2.45) is 13.0 Å². The number of pyridine rings is 1. The Morgan fingerprint density at radius 1 is 1.16 bits per heavy atom. The molecule has 0 aliphatic heterocycles. The average molecular weight is 427 g/mol. The van der Waals surface area contributed by atoms with E-state index in [1.165, 1.54) is 38.5 Å². The number of carbonyl (C=O) groups excluding carboxylic acids is 1. The van der Waals surface area contributed by atoms with Crippen LogP contribution in [-0.4, -0.2) is 45.0 Å². The van der Waals surface area contributed by atoms with E-state index in [0.29, 0.717) is 12.0 Å². The fourth-order valence-electron chi connectivity index (χ4n) is 4.47. The molecule has 4 rings (SSSR count). The highest BCUT2D eigenvalue weighted by Crippen LogP contribution is 2.32. The van der Waals surface area contributed by atoms with Crippen LogP contribution in [0.25, 0.3) is 11.3 Å². The van der Waals surface area contributed by atoms with Crippen LogP contribution in [-0.2, 0) is 18.4 Å². The van der Waals surface area contributed by atoms with Crippen molar-refractivity contribution in [3.8, 4) is 17.0 Å². The molecule has 2 aliphatic rings. The number of amides is 1. The predicted octanol–water partition coefficient (Wildman–Crippen LogP) is 4.95. The Kier molecular flexibility index (Phi) is 6.78. The number of rotatable bonds is 7. The van der Waals surface area contributed by atoms with E-state index in [0.717, 1.165) is 35.5 Å². The van der Waals surface area contributed by atoms with Gasteiger partial charge in [0.25, 0.3) is 0 Å². The molecule has 2 aromatic rings. The predicted molar refractivity (Wildman–Crippen MR) is 119 cm³/mol. The first-order chi connectivity index (χ1) is 15.0. The topological polar surface area (TPSA) is 69.5 Å². The zero-order valence-electron chi connectivity index (χ0n) is 18.9. The number of aromatic nitrogens is 3. The van der Waals surface area contributed by atoms with Crippen molar-refractivity contribution in [3.63, 3.8) is 0 Å². The van der Waals surface area contributed by atoms with Crippen molar-refractivity contribution in [2.45, 2.75) is 77.0 Å². The lowest BCUT2D eigenvalue weighted by Crippen LogP contribution is -2.42. The fourth-order valence-corrected chi connectivity index (χ4v) is 4.47. The summed E-state index contributed by atoms with van der Waals surface area (Å²) in [5.41, 5.74) is 2.49. The van der Waals surface area contributed by atoms with Crippen molar-refractivity contribution in [3.05, 3.63) is 30.2 Å². The molecular weight excluding hydrogens is 392 g/mol. The zero-order chi connectivity index (χ0) is 21.8. The summed E-state index contributed by atoms with van der Waals surface area (Å²) in [7, 11) is 3.68. The monoisotopic (exact) mass is 426 g/mol. The summed E-state index contributed by atoms with van der Waals surface area (Å²) < 4.78 is 13.5. The fraction of sp³-hybridized carbons (Fsp3) is 0.625. The maximum Gasteiger partial charge on any atom is 0.410 e. The summed E-state index contributed by atoms with van der Waals surface area (Å²) in [6.07, 6.45) is 13.2. The maximum atomic E-state index is 12.6. The first kappa shape index (κ1) is 21.7. The average Bonchev–Trinajstić information content (AvgIpc) is 3.11. The standard InChI is InChI=1S/C24H34N4O3/c1-17(18-8-7-9-18)27(2)24(29)30-16-23-21(15-26-28(23)3)22-13-12-20(14-25-22)31-19-10-5-4-6-11-19/h12-15,17-19H,4-11,16H2,1-3H3/t17-/m0/s1. The lowest BCUT2D eigenvalue weighted by atomic mass is 9.80. The third-order valence-corrected chi connectivity index (χ3v) is 6.99. The Bertz CT molecular complexity index is 869. The molecule has 2 aromatic heterocycles. The molecule has 0 saturated heterocycles. The van der Waals surface area contributed by atoms with Gasteiger partial charge in [-0.25, -0.2) is 4.79 Å². The molecule has 0 radical (unpaired) electrons. The number of hydrogen-bond donors (Lipinski definition) is 0. The minimum atomic E-state index is -0.296. The summed E-state index contributed by atoms with van der Waals surface area (Å²) in [4.78, 5) is 18.9. The Morgan fingerprint density at radius 2 is 1.94 bits per heavy atom. The van der Waals surface area contributed by atoms with E-state index in [2.05, 4.69) is 17.0 Å². The van der Waals surface area contributed by atoms with Gasteiger partial charge in [0.2, 0.25) is 0 Å². The molecule has 0 N–H and O–H groups in total. The molecule has 2 fully saturated rings. The van der Waals surface area contributed by atoms with E-state index < -0.39 is 0 Å². The Labute approximate surface area is 184 Å². The number of aryl methyl sites for hydroxylation is 1. The Balaban J connectivity index is 1.38. The first-order valence-electron chi connectivity index (χ1n) is 11.6. The van der Waals surface area contributed by atoms with Crippen LogP contribution in [0.15, 0.2) is 24.5 Å². The van der Waals surface area contributed by atoms with Crippen LogP contribution < -0.4 is 4.74 Å². The smallest absolute Gasteiger partial charge is 0.410 e. The molecule has 168 valence electrons. The number of ether oxygens (including phenoxy) is 2. The van der Waals surface area contributed by atoms with Gasteiger partial charge in [-0.15, -0.1) is 0 Å². The minimum absolute atomic E-state index is 0.161. The molecule has 2 heterocycles. The molecule has 0 bridgehead atoms. The Morgan fingerprint density at radius 3 is 2.58 bits per heavy atom. The highest BCUT2D eigenvalue weighted by atomic mass is 16.6. The van der Waals surface area contributed by atoms with Gasteiger partial charge >= 0.3 is 6.09 Å². The lowest BCUT2D eigenvalue weighted by molar-refractivity contribution is 0.0690. The Hall–Kier alpha value is -2.57. The molecule has 7 nitrogen and oxygen atoms in total. The summed E-state index contributed by atoms with van der Waals surface area (Å²) in [6, 6.07) is 4.12. The van der Waals surface area contributed by atoms with Crippen LogP contribution >= 0.6 is 0 Å². The van der Waals surface area contributed by atoms with E-state index in [9.17, 15) is 4.79 Å². The lowest BCUT2D eigenvalue weighted by Gasteiger charge is -2.36. The van der Waals surface area contributed by atoms with Crippen molar-refractivity contribution in [2.75, 3.05) is 7.05 Å². The third-order valence-electron chi connectivity index (χ3n) is 6.99. The van der Waals surface area contributed by atoms with Gasteiger partial charge in [-0.05, 0) is 63.5 Å². The van der Waals surface area contributed by atoms with E-state index in [1.807, 2.05) is 26.2 Å². The van der Waals surface area contributed by atoms with Crippen LogP contribution in [0.1, 0.15) is 64.0 Å². The first-order valence-corrected chi connectivity index (χ1v) is 11.6. The minimum Gasteiger partial charge on any atom is -0.489 e. The summed E-state index contributed by atoms with van der Waals surface area (Å²) in [5.74, 6) is 1.39. The highest BCUT2D eigenvalue weighted by molar-refractivity contribution is 5.68. The SMILES string of the molecule is C[C@@H](C1CCC1)N(C)C(=O)OCc1c(-c2ccc(OC3CCCCC3)cn2)cnn1C. The summed E-state index contributed by atoms with van der Waals surface area (Å²) in [6.45, 7) is 2.26. The molecule has 7 heteroatoms. The number of hydrogen-bond acceptors (Lipinski definition) is 5. The van der Waals surface area contributed by atoms with Crippen molar-refractivity contribution in [1.29, 1.82) is 0 Å². The largest absolute Gasteiger partial charge is 0.489 e. The molecule has 0 spiro atoms. The van der Waals surface area contributed by atoms with Crippen molar-refractivity contribution >= 4 is 6.09 Å². The van der Waals surface area contributed by atoms with Crippen molar-refractivity contribution < 1.29 is 14.3 Å². The molecule has 1 atom stereocenters. The molecule has 2 aliphatic carbocycles. The number of nitrogens with zero attached hydrogens (tertiary/aromatic N) is 4. The third kappa shape index (κ3) is 5.02. The highest BCUT2D eigenvalue weighted by Gasteiger charge is 2.30. The molecule has 31 heavy (non-hydrogen) atoms. The van der Waals surface area contributed by atoms with Crippen LogP contribution in [0.5, 0.6) is 5.75 Å². The van der Waals surface area contributed by atoms with Crippen LogP contribution in [0.4, 0.5) is 4.79 Å². The quantitative estimate of drug-likeness (QED) is 0.626. The zero-order valence-corrected chi connectivity index (χ0v) is 18.9. The molecule has 0 aromatic carbocycles. The second kappa shape index (κ2) is 9.71.